The molecule has 3 unspecified atom stereocenters. The molecule has 0 aromatic heterocycles. The molecular formula is C14H28N2O2. The van der Waals surface area contributed by atoms with Crippen molar-refractivity contribution in [2.75, 3.05) is 32.8 Å². The van der Waals surface area contributed by atoms with Gasteiger partial charge >= 0.3 is 0 Å². The molecule has 2 aliphatic rings. The molecule has 4 nitrogen and oxygen atoms in total. The largest absolute Gasteiger partial charge is 0.377 e. The lowest BCUT2D eigenvalue weighted by molar-refractivity contribution is -0.0390. The van der Waals surface area contributed by atoms with Crippen LogP contribution in [0.15, 0.2) is 0 Å². The van der Waals surface area contributed by atoms with Gasteiger partial charge in [-0.3, -0.25) is 4.90 Å². The summed E-state index contributed by atoms with van der Waals surface area (Å²) < 4.78 is 11.7. The maximum Gasteiger partial charge on any atom is 0.0743 e. The van der Waals surface area contributed by atoms with Gasteiger partial charge in [0.2, 0.25) is 0 Å². The lowest BCUT2D eigenvalue weighted by atomic mass is 10.0. The van der Waals surface area contributed by atoms with Crippen LogP contribution in [0.25, 0.3) is 0 Å². The SMILES string of the molecule is CCCOC1CCCN(C(CN)C2CCCO2)C1. The van der Waals surface area contributed by atoms with Crippen molar-refractivity contribution in [3.05, 3.63) is 0 Å². The third-order valence-corrected chi connectivity index (χ3v) is 4.07. The van der Waals surface area contributed by atoms with Crippen LogP contribution in [0.4, 0.5) is 0 Å². The van der Waals surface area contributed by atoms with E-state index in [0.29, 0.717) is 24.8 Å². The van der Waals surface area contributed by atoms with E-state index in [2.05, 4.69) is 11.8 Å². The van der Waals surface area contributed by atoms with Crippen LogP contribution in [-0.2, 0) is 9.47 Å². The average molecular weight is 256 g/mol. The summed E-state index contributed by atoms with van der Waals surface area (Å²) in [7, 11) is 0. The van der Waals surface area contributed by atoms with Gasteiger partial charge in [-0.25, -0.2) is 0 Å². The zero-order valence-electron chi connectivity index (χ0n) is 11.6. The summed E-state index contributed by atoms with van der Waals surface area (Å²) in [6.45, 7) is 6.83. The normalized spacial score (nSPS) is 31.7. The van der Waals surface area contributed by atoms with E-state index in [1.807, 2.05) is 0 Å². The van der Waals surface area contributed by atoms with Gasteiger partial charge in [0.05, 0.1) is 12.2 Å². The molecule has 4 heteroatoms. The van der Waals surface area contributed by atoms with Crippen molar-refractivity contribution in [2.45, 2.75) is 57.3 Å². The summed E-state index contributed by atoms with van der Waals surface area (Å²) in [5, 5.41) is 0. The molecule has 106 valence electrons. The molecule has 0 amide bonds. The molecule has 0 spiro atoms. The summed E-state index contributed by atoms with van der Waals surface area (Å²) >= 11 is 0. The molecular weight excluding hydrogens is 228 g/mol. The Morgan fingerprint density at radius 3 is 2.94 bits per heavy atom. The van der Waals surface area contributed by atoms with E-state index in [0.717, 1.165) is 32.7 Å². The van der Waals surface area contributed by atoms with Gasteiger partial charge in [0.25, 0.3) is 0 Å². The quantitative estimate of drug-likeness (QED) is 0.780. The lowest BCUT2D eigenvalue weighted by Gasteiger charge is -2.39. The monoisotopic (exact) mass is 256 g/mol. The molecule has 2 rings (SSSR count). The van der Waals surface area contributed by atoms with Crippen molar-refractivity contribution >= 4 is 0 Å². The predicted molar refractivity (Wildman–Crippen MR) is 72.7 cm³/mol. The van der Waals surface area contributed by atoms with Crippen molar-refractivity contribution < 1.29 is 9.47 Å². The fourth-order valence-electron chi connectivity index (χ4n) is 3.13. The molecule has 2 N–H and O–H groups in total. The highest BCUT2D eigenvalue weighted by molar-refractivity contribution is 4.87. The predicted octanol–water partition coefficient (Wildman–Crippen LogP) is 1.38. The van der Waals surface area contributed by atoms with Crippen molar-refractivity contribution in [1.82, 2.24) is 4.90 Å². The summed E-state index contributed by atoms with van der Waals surface area (Å²) in [5.74, 6) is 0. The Kier molecular flexibility index (Phi) is 5.89. The molecule has 2 heterocycles. The smallest absolute Gasteiger partial charge is 0.0743 e. The van der Waals surface area contributed by atoms with Crippen LogP contribution in [0.5, 0.6) is 0 Å². The van der Waals surface area contributed by atoms with E-state index in [9.17, 15) is 0 Å². The van der Waals surface area contributed by atoms with E-state index < -0.39 is 0 Å². The van der Waals surface area contributed by atoms with Gasteiger partial charge < -0.3 is 15.2 Å². The van der Waals surface area contributed by atoms with Gasteiger partial charge in [-0.15, -0.1) is 0 Å². The van der Waals surface area contributed by atoms with Crippen LogP contribution in [0.3, 0.4) is 0 Å². The van der Waals surface area contributed by atoms with Crippen molar-refractivity contribution in [2.24, 2.45) is 5.73 Å². The zero-order chi connectivity index (χ0) is 12.8. The molecule has 2 aliphatic heterocycles. The highest BCUT2D eigenvalue weighted by Crippen LogP contribution is 2.23. The van der Waals surface area contributed by atoms with Gasteiger partial charge in [0, 0.05) is 32.3 Å². The Labute approximate surface area is 111 Å². The number of hydrogen-bond acceptors (Lipinski definition) is 4. The second kappa shape index (κ2) is 7.43. The molecule has 18 heavy (non-hydrogen) atoms. The van der Waals surface area contributed by atoms with E-state index in [4.69, 9.17) is 15.2 Å². The van der Waals surface area contributed by atoms with Crippen molar-refractivity contribution in [3.8, 4) is 0 Å². The average Bonchev–Trinajstić information content (AvgIpc) is 2.92. The van der Waals surface area contributed by atoms with Crippen molar-refractivity contribution in [1.29, 1.82) is 0 Å². The molecule has 2 fully saturated rings. The number of rotatable bonds is 6. The Hall–Kier alpha value is -0.160. The first-order valence-corrected chi connectivity index (χ1v) is 7.52. The van der Waals surface area contributed by atoms with Gasteiger partial charge in [-0.2, -0.15) is 0 Å². The third kappa shape index (κ3) is 3.67. The molecule has 0 aliphatic carbocycles. The van der Waals surface area contributed by atoms with Crippen LogP contribution in [0, 0.1) is 0 Å². The first-order chi connectivity index (χ1) is 8.85. The topological polar surface area (TPSA) is 47.7 Å². The maximum atomic E-state index is 5.97. The Morgan fingerprint density at radius 2 is 2.28 bits per heavy atom. The van der Waals surface area contributed by atoms with Crippen LogP contribution < -0.4 is 5.73 Å². The summed E-state index contributed by atoms with van der Waals surface area (Å²) in [6, 6.07) is 0.389. The number of nitrogens with zero attached hydrogens (tertiary/aromatic N) is 1. The number of likely N-dealkylation sites (tertiary alicyclic amines) is 1. The molecule has 0 aromatic rings. The zero-order valence-corrected chi connectivity index (χ0v) is 11.6. The standard InChI is InChI=1S/C14H28N2O2/c1-2-8-17-12-5-3-7-16(11-12)13(10-15)14-6-4-9-18-14/h12-14H,2-11,15H2,1H3. The minimum absolute atomic E-state index is 0.347. The molecule has 0 aromatic carbocycles. The highest BCUT2D eigenvalue weighted by atomic mass is 16.5. The van der Waals surface area contributed by atoms with Gasteiger partial charge in [0.1, 0.15) is 0 Å². The summed E-state index contributed by atoms with van der Waals surface area (Å²) in [5.41, 5.74) is 5.97. The third-order valence-electron chi connectivity index (χ3n) is 4.07. The number of piperidine rings is 1. The molecule has 0 bridgehead atoms. The van der Waals surface area contributed by atoms with Crippen molar-refractivity contribution in [3.63, 3.8) is 0 Å². The van der Waals surface area contributed by atoms with E-state index in [1.54, 1.807) is 0 Å². The first-order valence-electron chi connectivity index (χ1n) is 7.52. The van der Waals surface area contributed by atoms with Crippen LogP contribution in [0.2, 0.25) is 0 Å². The van der Waals surface area contributed by atoms with Gasteiger partial charge in [-0.1, -0.05) is 6.92 Å². The molecule has 0 radical (unpaired) electrons. The first kappa shape index (κ1) is 14.3. The van der Waals surface area contributed by atoms with E-state index in [-0.39, 0.29) is 0 Å². The van der Waals surface area contributed by atoms with Crippen LogP contribution in [0.1, 0.15) is 39.0 Å². The van der Waals surface area contributed by atoms with Crippen LogP contribution >= 0.6 is 0 Å². The Balaban J connectivity index is 1.85. The summed E-state index contributed by atoms with van der Waals surface area (Å²) in [6.07, 6.45) is 6.61. The Morgan fingerprint density at radius 1 is 1.39 bits per heavy atom. The number of ether oxygens (including phenoxy) is 2. The van der Waals surface area contributed by atoms with E-state index >= 15 is 0 Å². The minimum Gasteiger partial charge on any atom is -0.377 e. The Bertz CT molecular complexity index is 232. The fourth-order valence-corrected chi connectivity index (χ4v) is 3.13. The molecule has 3 atom stereocenters. The van der Waals surface area contributed by atoms with E-state index in [1.165, 1.54) is 25.7 Å². The number of hydrogen-bond donors (Lipinski definition) is 1. The molecule has 0 saturated carbocycles. The second-order valence-corrected chi connectivity index (χ2v) is 5.48. The highest BCUT2D eigenvalue weighted by Gasteiger charge is 2.32. The lowest BCUT2D eigenvalue weighted by Crippen LogP contribution is -2.53. The number of nitrogens with two attached hydrogens (primary N) is 1. The van der Waals surface area contributed by atoms with Gasteiger partial charge in [0.15, 0.2) is 0 Å². The fraction of sp³-hybridized carbons (Fsp3) is 1.00. The molecule has 2 saturated heterocycles. The van der Waals surface area contributed by atoms with Gasteiger partial charge in [-0.05, 0) is 38.6 Å². The maximum absolute atomic E-state index is 5.97. The minimum atomic E-state index is 0.347. The summed E-state index contributed by atoms with van der Waals surface area (Å²) in [4.78, 5) is 2.50. The second-order valence-electron chi connectivity index (χ2n) is 5.48. The van der Waals surface area contributed by atoms with Crippen LogP contribution in [-0.4, -0.2) is 56.0 Å².